The molecule has 0 saturated heterocycles. The van der Waals surface area contributed by atoms with Gasteiger partial charge in [-0.3, -0.25) is 14.3 Å². The number of aromatic nitrogens is 2. The lowest BCUT2D eigenvalue weighted by Gasteiger charge is -2.33. The summed E-state index contributed by atoms with van der Waals surface area (Å²) in [7, 11) is 3.37. The number of nitrogens with one attached hydrogen (secondary N) is 1. The van der Waals surface area contributed by atoms with E-state index in [0.717, 1.165) is 16.7 Å². The Bertz CT molecular complexity index is 734. The maximum atomic E-state index is 12.3. The second-order valence-corrected chi connectivity index (χ2v) is 4.85. The Morgan fingerprint density at radius 2 is 2.00 bits per heavy atom. The SMILES string of the molecule is CN1/C2=C/C=C\C=C/C(C2)c2c1[nH]c(=O)n(C)c2=O. The molecule has 1 aromatic heterocycles. The Kier molecular flexibility index (Phi) is 2.55. The maximum Gasteiger partial charge on any atom is 0.329 e. The number of fused-ring (bicyclic) bond motifs is 4. The molecule has 1 aromatic rings. The smallest absolute Gasteiger partial charge is 0.329 e. The van der Waals surface area contributed by atoms with Crippen LogP contribution in [-0.4, -0.2) is 16.6 Å². The highest BCUT2D eigenvalue weighted by Gasteiger charge is 2.29. The molecule has 5 nitrogen and oxygen atoms in total. The zero-order valence-electron chi connectivity index (χ0n) is 10.9. The Hall–Kier alpha value is -2.30. The van der Waals surface area contributed by atoms with E-state index in [0.29, 0.717) is 11.4 Å². The molecule has 2 aliphatic rings. The lowest BCUT2D eigenvalue weighted by atomic mass is 9.89. The number of nitrogens with zero attached hydrogens (tertiary/aromatic N) is 2. The predicted octanol–water partition coefficient (Wildman–Crippen LogP) is 1.01. The van der Waals surface area contributed by atoms with Crippen molar-refractivity contribution in [1.82, 2.24) is 9.55 Å². The first kappa shape index (κ1) is 11.8. The molecule has 98 valence electrons. The van der Waals surface area contributed by atoms with E-state index in [9.17, 15) is 9.59 Å². The molecule has 0 radical (unpaired) electrons. The molecule has 3 rings (SSSR count). The highest BCUT2D eigenvalue weighted by molar-refractivity contribution is 5.58. The van der Waals surface area contributed by atoms with Crippen LogP contribution in [-0.2, 0) is 7.05 Å². The quantitative estimate of drug-likeness (QED) is 0.754. The highest BCUT2D eigenvalue weighted by Crippen LogP contribution is 2.36. The number of anilines is 1. The Morgan fingerprint density at radius 1 is 1.21 bits per heavy atom. The fourth-order valence-corrected chi connectivity index (χ4v) is 2.61. The van der Waals surface area contributed by atoms with Crippen molar-refractivity contribution < 1.29 is 0 Å². The van der Waals surface area contributed by atoms with E-state index in [1.807, 2.05) is 42.3 Å². The summed E-state index contributed by atoms with van der Waals surface area (Å²) in [6, 6.07) is 0. The third-order valence-corrected chi connectivity index (χ3v) is 3.74. The molecule has 2 heterocycles. The number of hydrogen-bond donors (Lipinski definition) is 1. The summed E-state index contributed by atoms with van der Waals surface area (Å²) in [4.78, 5) is 28.8. The number of rotatable bonds is 0. The molecule has 1 aliphatic carbocycles. The van der Waals surface area contributed by atoms with Gasteiger partial charge in [0.15, 0.2) is 0 Å². The summed E-state index contributed by atoms with van der Waals surface area (Å²) >= 11 is 0. The lowest BCUT2D eigenvalue weighted by Crippen LogP contribution is -2.41. The van der Waals surface area contributed by atoms with Gasteiger partial charge in [-0.2, -0.15) is 0 Å². The zero-order chi connectivity index (χ0) is 13.6. The second kappa shape index (κ2) is 4.12. The normalized spacial score (nSPS) is 26.7. The summed E-state index contributed by atoms with van der Waals surface area (Å²) in [6.45, 7) is 0. The molecular formula is C14H15N3O2. The van der Waals surface area contributed by atoms with Crippen molar-refractivity contribution in [2.75, 3.05) is 11.9 Å². The third kappa shape index (κ3) is 1.69. The van der Waals surface area contributed by atoms with Crippen LogP contribution >= 0.6 is 0 Å². The number of allylic oxidation sites excluding steroid dienone is 6. The average molecular weight is 257 g/mol. The molecule has 0 amide bonds. The van der Waals surface area contributed by atoms with Crippen molar-refractivity contribution in [2.45, 2.75) is 12.3 Å². The van der Waals surface area contributed by atoms with Crippen molar-refractivity contribution in [1.29, 1.82) is 0 Å². The van der Waals surface area contributed by atoms with E-state index in [1.165, 1.54) is 7.05 Å². The zero-order valence-corrected chi connectivity index (χ0v) is 10.9. The summed E-state index contributed by atoms with van der Waals surface area (Å²) in [5, 5.41) is 0. The third-order valence-electron chi connectivity index (χ3n) is 3.74. The first-order valence-electron chi connectivity index (χ1n) is 6.20. The van der Waals surface area contributed by atoms with Crippen LogP contribution in [0.15, 0.2) is 45.7 Å². The maximum absolute atomic E-state index is 12.3. The van der Waals surface area contributed by atoms with Crippen LogP contribution in [0, 0.1) is 0 Å². The predicted molar refractivity (Wildman–Crippen MR) is 74.4 cm³/mol. The molecule has 0 aromatic carbocycles. The van der Waals surface area contributed by atoms with Gasteiger partial charge in [0, 0.05) is 25.7 Å². The van der Waals surface area contributed by atoms with E-state index in [1.54, 1.807) is 0 Å². The molecule has 0 spiro atoms. The minimum absolute atomic E-state index is 0.0120. The van der Waals surface area contributed by atoms with Gasteiger partial charge in [0.2, 0.25) is 0 Å². The minimum Gasteiger partial charge on any atom is -0.334 e. The second-order valence-electron chi connectivity index (χ2n) is 4.85. The van der Waals surface area contributed by atoms with Crippen LogP contribution in [0.3, 0.4) is 0 Å². The van der Waals surface area contributed by atoms with E-state index in [4.69, 9.17) is 0 Å². The fourth-order valence-electron chi connectivity index (χ4n) is 2.61. The molecule has 1 unspecified atom stereocenters. The van der Waals surface area contributed by atoms with Crippen LogP contribution in [0.2, 0.25) is 0 Å². The standard InChI is InChI=1S/C14H15N3O2/c1-16-10-7-5-3-4-6-9(8-10)11-12(16)15-14(19)17(2)13(11)18/h3-7,9H,8H2,1-2H3,(H,15,19)/b5-3-,6-4-,10-7+. The van der Waals surface area contributed by atoms with Crippen molar-refractivity contribution in [3.05, 3.63) is 62.5 Å². The Labute approximate surface area is 110 Å². The van der Waals surface area contributed by atoms with Gasteiger partial charge in [-0.25, -0.2) is 4.79 Å². The molecule has 19 heavy (non-hydrogen) atoms. The van der Waals surface area contributed by atoms with Gasteiger partial charge in [-0.1, -0.05) is 24.3 Å². The lowest BCUT2D eigenvalue weighted by molar-refractivity contribution is 0.677. The van der Waals surface area contributed by atoms with Gasteiger partial charge < -0.3 is 4.90 Å². The number of H-pyrrole nitrogens is 1. The van der Waals surface area contributed by atoms with Gasteiger partial charge in [0.05, 0.1) is 5.56 Å². The van der Waals surface area contributed by atoms with Gasteiger partial charge in [0.25, 0.3) is 5.56 Å². The molecule has 2 bridgehead atoms. The van der Waals surface area contributed by atoms with E-state index in [2.05, 4.69) is 4.98 Å². The summed E-state index contributed by atoms with van der Waals surface area (Å²) < 4.78 is 1.13. The molecule has 0 saturated carbocycles. The summed E-state index contributed by atoms with van der Waals surface area (Å²) in [5.74, 6) is 0.619. The van der Waals surface area contributed by atoms with Gasteiger partial charge >= 0.3 is 5.69 Å². The van der Waals surface area contributed by atoms with Crippen LogP contribution in [0.4, 0.5) is 5.82 Å². The fraction of sp³-hybridized carbons (Fsp3) is 0.286. The number of aromatic amines is 1. The first-order valence-corrected chi connectivity index (χ1v) is 6.20. The van der Waals surface area contributed by atoms with Gasteiger partial charge in [-0.15, -0.1) is 0 Å². The molecule has 5 heteroatoms. The first-order chi connectivity index (χ1) is 9.09. The molecule has 1 N–H and O–H groups in total. The van der Waals surface area contributed by atoms with Crippen LogP contribution in [0.1, 0.15) is 17.9 Å². The van der Waals surface area contributed by atoms with Crippen molar-refractivity contribution >= 4 is 5.82 Å². The van der Waals surface area contributed by atoms with Gasteiger partial charge in [0.1, 0.15) is 5.82 Å². The monoisotopic (exact) mass is 257 g/mol. The Balaban J connectivity index is 2.35. The molecule has 1 atom stereocenters. The van der Waals surface area contributed by atoms with E-state index >= 15 is 0 Å². The molecular weight excluding hydrogens is 242 g/mol. The van der Waals surface area contributed by atoms with E-state index in [-0.39, 0.29) is 17.2 Å². The topological polar surface area (TPSA) is 58.1 Å². The summed E-state index contributed by atoms with van der Waals surface area (Å²) in [5.41, 5.74) is 1.14. The molecule has 1 aliphatic heterocycles. The minimum atomic E-state index is -0.382. The van der Waals surface area contributed by atoms with Crippen LogP contribution in [0.5, 0.6) is 0 Å². The van der Waals surface area contributed by atoms with E-state index < -0.39 is 0 Å². The largest absolute Gasteiger partial charge is 0.334 e. The highest BCUT2D eigenvalue weighted by atomic mass is 16.2. The van der Waals surface area contributed by atoms with Crippen LogP contribution < -0.4 is 16.1 Å². The van der Waals surface area contributed by atoms with Crippen molar-refractivity contribution in [3.63, 3.8) is 0 Å². The van der Waals surface area contributed by atoms with Crippen molar-refractivity contribution in [2.24, 2.45) is 7.05 Å². The van der Waals surface area contributed by atoms with Crippen LogP contribution in [0.25, 0.3) is 0 Å². The molecule has 0 fully saturated rings. The Morgan fingerprint density at radius 3 is 2.79 bits per heavy atom. The van der Waals surface area contributed by atoms with Crippen molar-refractivity contribution in [3.8, 4) is 0 Å². The summed E-state index contributed by atoms with van der Waals surface area (Å²) in [6.07, 6.45) is 10.6. The van der Waals surface area contributed by atoms with Gasteiger partial charge in [-0.05, 0) is 12.5 Å². The number of hydrogen-bond acceptors (Lipinski definition) is 3. The average Bonchev–Trinajstić information content (AvgIpc) is 2.36.